The lowest BCUT2D eigenvalue weighted by Gasteiger charge is -2.31. The Morgan fingerprint density at radius 3 is 2.73 bits per heavy atom. The zero-order valence-electron chi connectivity index (χ0n) is 17.1. The van der Waals surface area contributed by atoms with Gasteiger partial charge >= 0.3 is 5.69 Å². The van der Waals surface area contributed by atoms with Gasteiger partial charge in [0.15, 0.2) is 0 Å². The molecule has 1 saturated heterocycles. The molecule has 0 aliphatic carbocycles. The van der Waals surface area contributed by atoms with E-state index in [9.17, 15) is 9.59 Å². The van der Waals surface area contributed by atoms with Crippen molar-refractivity contribution in [1.82, 2.24) is 24.6 Å². The smallest absolute Gasteiger partial charge is 0.348 e. The number of thiophene rings is 1. The Kier molecular flexibility index (Phi) is 5.98. The number of aromatic nitrogens is 4. The predicted octanol–water partition coefficient (Wildman–Crippen LogP) is 2.90. The molecule has 1 fully saturated rings. The first-order valence-electron chi connectivity index (χ1n) is 10.1. The summed E-state index contributed by atoms with van der Waals surface area (Å²) in [6.45, 7) is 5.24. The second-order valence-corrected chi connectivity index (χ2v) is 8.65. The molecule has 0 spiro atoms. The minimum Gasteiger partial charge on any atom is -0.475 e. The molecule has 1 N–H and O–H groups in total. The van der Waals surface area contributed by atoms with Crippen molar-refractivity contribution in [2.24, 2.45) is 5.92 Å². The maximum atomic E-state index is 12.8. The lowest BCUT2D eigenvalue weighted by molar-refractivity contribution is 0.0689. The number of H-pyrrole nitrogens is 1. The van der Waals surface area contributed by atoms with Crippen molar-refractivity contribution in [2.45, 2.75) is 39.2 Å². The van der Waals surface area contributed by atoms with Gasteiger partial charge in [0.2, 0.25) is 5.88 Å². The van der Waals surface area contributed by atoms with Crippen molar-refractivity contribution in [1.29, 1.82) is 0 Å². The molecule has 0 unspecified atom stereocenters. The maximum Gasteiger partial charge on any atom is 0.348 e. The number of amides is 1. The third-order valence-corrected chi connectivity index (χ3v) is 6.03. The van der Waals surface area contributed by atoms with Crippen LogP contribution in [0.4, 0.5) is 0 Å². The molecule has 1 aliphatic heterocycles. The topological polar surface area (TPSA) is 93.1 Å². The maximum absolute atomic E-state index is 12.8. The first-order chi connectivity index (χ1) is 14.5. The number of carbonyl (C=O) groups excluding carboxylic acids is 1. The number of ether oxygens (including phenoxy) is 1. The van der Waals surface area contributed by atoms with Gasteiger partial charge in [-0.1, -0.05) is 0 Å². The van der Waals surface area contributed by atoms with Crippen molar-refractivity contribution >= 4 is 17.2 Å². The Balaban J connectivity index is 1.35. The van der Waals surface area contributed by atoms with Crippen LogP contribution in [0.5, 0.6) is 5.88 Å². The van der Waals surface area contributed by atoms with E-state index in [2.05, 4.69) is 15.2 Å². The molecule has 30 heavy (non-hydrogen) atoms. The van der Waals surface area contributed by atoms with E-state index >= 15 is 0 Å². The fraction of sp³-hybridized carbons (Fsp3) is 0.429. The number of hydrogen-bond donors (Lipinski definition) is 1. The molecule has 0 saturated carbocycles. The van der Waals surface area contributed by atoms with Gasteiger partial charge in [-0.15, -0.1) is 11.3 Å². The molecule has 9 heteroatoms. The van der Waals surface area contributed by atoms with Crippen LogP contribution in [0.1, 0.15) is 42.9 Å². The van der Waals surface area contributed by atoms with Crippen LogP contribution < -0.4 is 10.4 Å². The van der Waals surface area contributed by atoms with Crippen LogP contribution in [0.15, 0.2) is 40.6 Å². The summed E-state index contributed by atoms with van der Waals surface area (Å²) in [6.07, 6.45) is 4.08. The zero-order valence-corrected chi connectivity index (χ0v) is 17.9. The van der Waals surface area contributed by atoms with Crippen LogP contribution >= 0.6 is 11.3 Å². The molecule has 3 aromatic rings. The molecule has 4 rings (SSSR count). The van der Waals surface area contributed by atoms with Crippen LogP contribution in [-0.2, 0) is 6.42 Å². The number of piperidine rings is 1. The SMILES string of the molecule is CC(C)Oc1ccc(C(=O)N2CCC(Cc3n[nH]c(=O)n3-c3cccs3)CC2)cn1. The molecule has 0 bridgehead atoms. The average Bonchev–Trinajstić information content (AvgIpc) is 3.38. The molecular formula is C21H25N5O3S. The summed E-state index contributed by atoms with van der Waals surface area (Å²) in [7, 11) is 0. The number of carbonyl (C=O) groups is 1. The molecule has 0 atom stereocenters. The summed E-state index contributed by atoms with van der Waals surface area (Å²) in [6, 6.07) is 7.34. The molecule has 1 amide bonds. The number of pyridine rings is 1. The van der Waals surface area contributed by atoms with E-state index < -0.39 is 0 Å². The normalized spacial score (nSPS) is 15.0. The molecule has 158 valence electrons. The average molecular weight is 428 g/mol. The lowest BCUT2D eigenvalue weighted by Crippen LogP contribution is -2.39. The third kappa shape index (κ3) is 4.46. The quantitative estimate of drug-likeness (QED) is 0.653. The summed E-state index contributed by atoms with van der Waals surface area (Å²) in [5, 5.41) is 9.60. The molecule has 8 nitrogen and oxygen atoms in total. The number of hydrogen-bond acceptors (Lipinski definition) is 6. The number of nitrogens with one attached hydrogen (secondary N) is 1. The highest BCUT2D eigenvalue weighted by atomic mass is 32.1. The Morgan fingerprint density at radius 1 is 1.30 bits per heavy atom. The van der Waals surface area contributed by atoms with Gasteiger partial charge in [0, 0.05) is 31.8 Å². The highest BCUT2D eigenvalue weighted by molar-refractivity contribution is 7.12. The van der Waals surface area contributed by atoms with Crippen LogP contribution in [0.25, 0.3) is 5.00 Å². The van der Waals surface area contributed by atoms with Gasteiger partial charge < -0.3 is 9.64 Å². The summed E-state index contributed by atoms with van der Waals surface area (Å²) in [4.78, 5) is 31.0. The largest absolute Gasteiger partial charge is 0.475 e. The van der Waals surface area contributed by atoms with Gasteiger partial charge in [0.1, 0.15) is 10.8 Å². The lowest BCUT2D eigenvalue weighted by atomic mass is 9.93. The molecule has 0 radical (unpaired) electrons. The third-order valence-electron chi connectivity index (χ3n) is 5.18. The van der Waals surface area contributed by atoms with Crippen molar-refractivity contribution in [3.05, 3.63) is 57.7 Å². The number of rotatable bonds is 6. The minimum absolute atomic E-state index is 0.00712. The van der Waals surface area contributed by atoms with Crippen molar-refractivity contribution in [3.63, 3.8) is 0 Å². The zero-order chi connectivity index (χ0) is 21.1. The van der Waals surface area contributed by atoms with E-state index in [1.165, 1.54) is 11.3 Å². The van der Waals surface area contributed by atoms with Gasteiger partial charge in [-0.05, 0) is 56.2 Å². The van der Waals surface area contributed by atoms with E-state index in [0.717, 1.165) is 23.7 Å². The summed E-state index contributed by atoms with van der Waals surface area (Å²) >= 11 is 1.51. The van der Waals surface area contributed by atoms with E-state index in [-0.39, 0.29) is 17.7 Å². The molecular weight excluding hydrogens is 402 g/mol. The first kappa shape index (κ1) is 20.3. The summed E-state index contributed by atoms with van der Waals surface area (Å²) < 4.78 is 7.18. The fourth-order valence-corrected chi connectivity index (χ4v) is 4.44. The Labute approximate surface area is 178 Å². The number of likely N-dealkylation sites (tertiary alicyclic amines) is 1. The Morgan fingerprint density at radius 2 is 2.10 bits per heavy atom. The van der Waals surface area contributed by atoms with Gasteiger partial charge in [-0.2, -0.15) is 5.10 Å². The van der Waals surface area contributed by atoms with Crippen molar-refractivity contribution < 1.29 is 9.53 Å². The Bertz CT molecular complexity index is 1030. The highest BCUT2D eigenvalue weighted by Gasteiger charge is 2.26. The standard InChI is InChI=1S/C21H25N5O3S/c1-14(2)29-18-6-5-16(13-22-18)20(27)25-9-7-15(8-10-25)12-17-23-24-21(28)26(17)19-4-3-11-30-19/h3-6,11,13-15H,7-10,12H2,1-2H3,(H,24,28). The molecule has 4 heterocycles. The van der Waals surface area contributed by atoms with Gasteiger partial charge in [-0.3, -0.25) is 4.79 Å². The van der Waals surface area contributed by atoms with Crippen LogP contribution in [0, 0.1) is 5.92 Å². The summed E-state index contributed by atoms with van der Waals surface area (Å²) in [5.41, 5.74) is 0.362. The van der Waals surface area contributed by atoms with E-state index in [4.69, 9.17) is 4.74 Å². The van der Waals surface area contributed by atoms with E-state index in [0.29, 0.717) is 36.9 Å². The fourth-order valence-electron chi connectivity index (χ4n) is 3.69. The van der Waals surface area contributed by atoms with Gasteiger partial charge in [0.05, 0.1) is 11.7 Å². The molecule has 0 aromatic carbocycles. The number of aromatic amines is 1. The first-order valence-corrected chi connectivity index (χ1v) is 11.0. The van der Waals surface area contributed by atoms with E-state index in [1.807, 2.05) is 36.3 Å². The van der Waals surface area contributed by atoms with E-state index in [1.54, 1.807) is 22.9 Å². The monoisotopic (exact) mass is 427 g/mol. The van der Waals surface area contributed by atoms with Crippen molar-refractivity contribution in [2.75, 3.05) is 13.1 Å². The summed E-state index contributed by atoms with van der Waals surface area (Å²) in [5.74, 6) is 1.64. The van der Waals surface area contributed by atoms with Gasteiger partial charge in [0.25, 0.3) is 5.91 Å². The second-order valence-electron chi connectivity index (χ2n) is 7.72. The Hall–Kier alpha value is -2.94. The van der Waals surface area contributed by atoms with Crippen LogP contribution in [-0.4, -0.2) is 49.7 Å². The second kappa shape index (κ2) is 8.83. The van der Waals surface area contributed by atoms with Gasteiger partial charge in [-0.25, -0.2) is 19.4 Å². The van der Waals surface area contributed by atoms with Crippen molar-refractivity contribution in [3.8, 4) is 10.9 Å². The van der Waals surface area contributed by atoms with Crippen LogP contribution in [0.2, 0.25) is 0 Å². The highest BCUT2D eigenvalue weighted by Crippen LogP contribution is 2.24. The van der Waals surface area contributed by atoms with Crippen LogP contribution in [0.3, 0.4) is 0 Å². The molecule has 3 aromatic heterocycles. The predicted molar refractivity (Wildman–Crippen MR) is 114 cm³/mol. The molecule has 1 aliphatic rings. The number of nitrogens with zero attached hydrogens (tertiary/aromatic N) is 4. The minimum atomic E-state index is -0.211.